The van der Waals surface area contributed by atoms with Gasteiger partial charge in [-0.1, -0.05) is 33.6 Å². The molecule has 104 valence electrons. The molecule has 0 aliphatic heterocycles. The highest BCUT2D eigenvalue weighted by Crippen LogP contribution is 2.25. The maximum atomic E-state index is 12.7. The summed E-state index contributed by atoms with van der Waals surface area (Å²) in [5.74, 6) is -0.00396. The quantitative estimate of drug-likeness (QED) is 0.699. The number of benzene rings is 2. The molecule has 20 heavy (non-hydrogen) atoms. The molecule has 0 aliphatic rings. The number of amides is 1. The van der Waals surface area contributed by atoms with Crippen molar-refractivity contribution < 1.29 is 4.79 Å². The Morgan fingerprint density at radius 1 is 1.10 bits per heavy atom. The van der Waals surface area contributed by atoms with Crippen molar-refractivity contribution in [2.24, 2.45) is 0 Å². The van der Waals surface area contributed by atoms with Crippen LogP contribution in [0.4, 0.5) is 5.69 Å². The van der Waals surface area contributed by atoms with Gasteiger partial charge in [0.25, 0.3) is 5.91 Å². The first kappa shape index (κ1) is 15.3. The lowest BCUT2D eigenvalue weighted by Gasteiger charge is -2.22. The molecule has 0 atom stereocenters. The van der Waals surface area contributed by atoms with Crippen molar-refractivity contribution in [1.82, 2.24) is 0 Å². The second-order valence-electron chi connectivity index (χ2n) is 4.51. The SMILES string of the molecule is CCN(C(=O)c1ccc(Br)cc1Br)c1ccc(C)cc1. The van der Waals surface area contributed by atoms with Crippen molar-refractivity contribution in [2.75, 3.05) is 11.4 Å². The van der Waals surface area contributed by atoms with Crippen LogP contribution in [-0.2, 0) is 0 Å². The van der Waals surface area contributed by atoms with Crippen molar-refractivity contribution in [1.29, 1.82) is 0 Å². The minimum atomic E-state index is -0.00396. The molecule has 0 saturated carbocycles. The van der Waals surface area contributed by atoms with Gasteiger partial charge in [0.15, 0.2) is 0 Å². The second kappa shape index (κ2) is 6.55. The number of carbonyl (C=O) groups excluding carboxylic acids is 1. The van der Waals surface area contributed by atoms with Crippen LogP contribution in [0, 0.1) is 6.92 Å². The van der Waals surface area contributed by atoms with E-state index < -0.39 is 0 Å². The predicted molar refractivity (Wildman–Crippen MR) is 90.4 cm³/mol. The molecule has 0 unspecified atom stereocenters. The van der Waals surface area contributed by atoms with Crippen molar-refractivity contribution in [3.8, 4) is 0 Å². The average Bonchev–Trinajstić information content (AvgIpc) is 2.41. The van der Waals surface area contributed by atoms with Crippen LogP contribution in [0.15, 0.2) is 51.4 Å². The Morgan fingerprint density at radius 3 is 2.30 bits per heavy atom. The van der Waals surface area contributed by atoms with Crippen LogP contribution in [0.25, 0.3) is 0 Å². The fourth-order valence-corrected chi connectivity index (χ4v) is 3.19. The molecule has 0 saturated heterocycles. The maximum absolute atomic E-state index is 12.7. The average molecular weight is 397 g/mol. The summed E-state index contributed by atoms with van der Waals surface area (Å²) >= 11 is 6.85. The number of rotatable bonds is 3. The van der Waals surface area contributed by atoms with E-state index in [1.165, 1.54) is 5.56 Å². The number of halogens is 2. The fourth-order valence-electron chi connectivity index (χ4n) is 1.98. The van der Waals surface area contributed by atoms with Gasteiger partial charge in [0.05, 0.1) is 5.56 Å². The van der Waals surface area contributed by atoms with Crippen LogP contribution < -0.4 is 4.90 Å². The van der Waals surface area contributed by atoms with Gasteiger partial charge in [-0.2, -0.15) is 0 Å². The Labute approximate surface area is 136 Å². The van der Waals surface area contributed by atoms with E-state index in [-0.39, 0.29) is 5.91 Å². The smallest absolute Gasteiger partial charge is 0.259 e. The molecule has 0 radical (unpaired) electrons. The molecule has 0 bridgehead atoms. The Balaban J connectivity index is 2.36. The first-order valence-electron chi connectivity index (χ1n) is 6.36. The van der Waals surface area contributed by atoms with E-state index in [1.807, 2.05) is 56.3 Å². The second-order valence-corrected chi connectivity index (χ2v) is 6.28. The van der Waals surface area contributed by atoms with Gasteiger partial charge >= 0.3 is 0 Å². The third-order valence-electron chi connectivity index (χ3n) is 3.07. The van der Waals surface area contributed by atoms with Gasteiger partial charge in [-0.15, -0.1) is 0 Å². The van der Waals surface area contributed by atoms with Gasteiger partial charge < -0.3 is 4.90 Å². The monoisotopic (exact) mass is 395 g/mol. The molecule has 0 heterocycles. The van der Waals surface area contributed by atoms with Crippen LogP contribution >= 0.6 is 31.9 Å². The van der Waals surface area contributed by atoms with Crippen molar-refractivity contribution in [3.05, 3.63) is 62.5 Å². The van der Waals surface area contributed by atoms with Gasteiger partial charge in [-0.05, 0) is 60.1 Å². The highest BCUT2D eigenvalue weighted by molar-refractivity contribution is 9.11. The van der Waals surface area contributed by atoms with Gasteiger partial charge in [0.2, 0.25) is 0 Å². The van der Waals surface area contributed by atoms with E-state index in [1.54, 1.807) is 4.90 Å². The lowest BCUT2D eigenvalue weighted by Crippen LogP contribution is -2.30. The molecule has 0 aromatic heterocycles. The minimum absolute atomic E-state index is 0.00396. The van der Waals surface area contributed by atoms with Crippen LogP contribution in [0.1, 0.15) is 22.8 Å². The van der Waals surface area contributed by atoms with Crippen LogP contribution in [0.2, 0.25) is 0 Å². The van der Waals surface area contributed by atoms with Crippen molar-refractivity contribution in [2.45, 2.75) is 13.8 Å². The number of anilines is 1. The molecule has 0 fully saturated rings. The Morgan fingerprint density at radius 2 is 1.75 bits per heavy atom. The van der Waals surface area contributed by atoms with E-state index >= 15 is 0 Å². The fraction of sp³-hybridized carbons (Fsp3) is 0.188. The third kappa shape index (κ3) is 3.30. The highest BCUT2D eigenvalue weighted by Gasteiger charge is 2.18. The molecule has 2 aromatic carbocycles. The lowest BCUT2D eigenvalue weighted by molar-refractivity contribution is 0.0987. The summed E-state index contributed by atoms with van der Waals surface area (Å²) in [6, 6.07) is 13.6. The molecule has 0 spiro atoms. The number of aryl methyl sites for hydroxylation is 1. The summed E-state index contributed by atoms with van der Waals surface area (Å²) in [5.41, 5.74) is 2.76. The Kier molecular flexibility index (Phi) is 5.00. The first-order chi connectivity index (χ1) is 9.52. The summed E-state index contributed by atoms with van der Waals surface area (Å²) in [6.07, 6.45) is 0. The molecule has 2 rings (SSSR count). The van der Waals surface area contributed by atoms with Gasteiger partial charge in [0, 0.05) is 21.2 Å². The zero-order chi connectivity index (χ0) is 14.7. The zero-order valence-electron chi connectivity index (χ0n) is 11.4. The minimum Gasteiger partial charge on any atom is -0.309 e. The van der Waals surface area contributed by atoms with E-state index in [2.05, 4.69) is 31.9 Å². The zero-order valence-corrected chi connectivity index (χ0v) is 14.5. The predicted octanol–water partition coefficient (Wildman–Crippen LogP) is 5.19. The summed E-state index contributed by atoms with van der Waals surface area (Å²) in [5, 5.41) is 0. The van der Waals surface area contributed by atoms with Gasteiger partial charge in [-0.25, -0.2) is 0 Å². The van der Waals surface area contributed by atoms with Crippen LogP contribution in [0.5, 0.6) is 0 Å². The number of hydrogen-bond acceptors (Lipinski definition) is 1. The lowest BCUT2D eigenvalue weighted by atomic mass is 10.1. The van der Waals surface area contributed by atoms with Crippen LogP contribution in [-0.4, -0.2) is 12.5 Å². The molecule has 1 amide bonds. The normalized spacial score (nSPS) is 10.4. The van der Waals surface area contributed by atoms with Crippen LogP contribution in [0.3, 0.4) is 0 Å². The number of nitrogens with zero attached hydrogens (tertiary/aromatic N) is 1. The largest absolute Gasteiger partial charge is 0.309 e. The number of carbonyl (C=O) groups is 1. The summed E-state index contributed by atoms with van der Waals surface area (Å²) in [6.45, 7) is 4.64. The molecule has 2 nitrogen and oxygen atoms in total. The Hall–Kier alpha value is -1.13. The van der Waals surface area contributed by atoms with Gasteiger partial charge in [-0.3, -0.25) is 4.79 Å². The topological polar surface area (TPSA) is 20.3 Å². The summed E-state index contributed by atoms with van der Waals surface area (Å²) in [4.78, 5) is 14.4. The summed E-state index contributed by atoms with van der Waals surface area (Å²) < 4.78 is 1.74. The van der Waals surface area contributed by atoms with E-state index in [0.29, 0.717) is 12.1 Å². The first-order valence-corrected chi connectivity index (χ1v) is 7.95. The molecule has 4 heteroatoms. The highest BCUT2D eigenvalue weighted by atomic mass is 79.9. The Bertz CT molecular complexity index is 623. The molecular formula is C16H15Br2NO. The van der Waals surface area contributed by atoms with E-state index in [4.69, 9.17) is 0 Å². The summed E-state index contributed by atoms with van der Waals surface area (Å²) in [7, 11) is 0. The third-order valence-corrected chi connectivity index (χ3v) is 4.22. The molecule has 0 aliphatic carbocycles. The standard InChI is InChI=1S/C16H15Br2NO/c1-3-19(13-7-4-11(2)5-8-13)16(20)14-9-6-12(17)10-15(14)18/h4-10H,3H2,1-2H3. The maximum Gasteiger partial charge on any atom is 0.259 e. The molecule has 2 aromatic rings. The van der Waals surface area contributed by atoms with E-state index in [0.717, 1.165) is 14.6 Å². The molecular weight excluding hydrogens is 382 g/mol. The van der Waals surface area contributed by atoms with Crippen molar-refractivity contribution >= 4 is 43.5 Å². The molecule has 0 N–H and O–H groups in total. The van der Waals surface area contributed by atoms with Crippen molar-refractivity contribution in [3.63, 3.8) is 0 Å². The van der Waals surface area contributed by atoms with Gasteiger partial charge in [0.1, 0.15) is 0 Å². The van der Waals surface area contributed by atoms with E-state index in [9.17, 15) is 4.79 Å². The number of hydrogen-bond donors (Lipinski definition) is 0.